The molecule has 24 heavy (non-hydrogen) atoms. The Morgan fingerprint density at radius 3 is 2.67 bits per heavy atom. The van der Waals surface area contributed by atoms with Crippen LogP contribution in [0.15, 0.2) is 54.9 Å². The summed E-state index contributed by atoms with van der Waals surface area (Å²) in [5.41, 5.74) is 5.29. The molecule has 0 saturated heterocycles. The van der Waals surface area contributed by atoms with Gasteiger partial charge in [-0.15, -0.1) is 0 Å². The maximum atomic E-state index is 4.45. The molecule has 2 heterocycles. The number of fused-ring (bicyclic) bond motifs is 1. The van der Waals surface area contributed by atoms with Crippen LogP contribution in [0.25, 0.3) is 0 Å². The Labute approximate surface area is 142 Å². The van der Waals surface area contributed by atoms with Gasteiger partial charge in [0.2, 0.25) is 5.95 Å². The predicted octanol–water partition coefficient (Wildman–Crippen LogP) is 4.30. The van der Waals surface area contributed by atoms with Gasteiger partial charge in [0.05, 0.1) is 12.1 Å². The maximum absolute atomic E-state index is 4.45. The van der Waals surface area contributed by atoms with Gasteiger partial charge in [0, 0.05) is 0 Å². The fourth-order valence-corrected chi connectivity index (χ4v) is 3.54. The number of benzene rings is 2. The van der Waals surface area contributed by atoms with Crippen LogP contribution >= 0.6 is 0 Å². The third kappa shape index (κ3) is 2.58. The zero-order chi connectivity index (χ0) is 16.5. The first-order valence-electron chi connectivity index (χ1n) is 8.56. The second-order valence-corrected chi connectivity index (χ2v) is 6.43. The molecule has 4 heteroatoms. The Morgan fingerprint density at radius 2 is 1.92 bits per heavy atom. The van der Waals surface area contributed by atoms with Gasteiger partial charge in [-0.1, -0.05) is 55.5 Å². The number of hydrogen-bond acceptors (Lipinski definition) is 3. The molecule has 1 N–H and O–H groups in total. The predicted molar refractivity (Wildman–Crippen MR) is 96.1 cm³/mol. The summed E-state index contributed by atoms with van der Waals surface area (Å²) in [6.45, 7) is 4.35. The van der Waals surface area contributed by atoms with E-state index in [0.29, 0.717) is 0 Å². The van der Waals surface area contributed by atoms with E-state index in [1.54, 1.807) is 6.33 Å². The van der Waals surface area contributed by atoms with E-state index in [9.17, 15) is 0 Å². The number of nitrogens with zero attached hydrogens (tertiary/aromatic N) is 3. The van der Waals surface area contributed by atoms with E-state index in [4.69, 9.17) is 0 Å². The largest absolute Gasteiger partial charge is 0.348 e. The number of hydrogen-bond donors (Lipinski definition) is 1. The number of nitrogens with one attached hydrogen (secondary N) is 1. The van der Waals surface area contributed by atoms with Crippen LogP contribution in [0, 0.1) is 6.92 Å². The van der Waals surface area contributed by atoms with Crippen LogP contribution in [0.3, 0.4) is 0 Å². The molecule has 1 aromatic heterocycles. The second-order valence-electron chi connectivity index (χ2n) is 6.43. The molecule has 0 amide bonds. The zero-order valence-electron chi connectivity index (χ0n) is 14.1. The van der Waals surface area contributed by atoms with Gasteiger partial charge < -0.3 is 5.32 Å². The van der Waals surface area contributed by atoms with E-state index in [1.807, 2.05) is 4.68 Å². The summed E-state index contributed by atoms with van der Waals surface area (Å²) in [5.74, 6) is 0.846. The summed E-state index contributed by atoms with van der Waals surface area (Å²) in [6, 6.07) is 17.9. The summed E-state index contributed by atoms with van der Waals surface area (Å²) < 4.78 is 2.01. The van der Waals surface area contributed by atoms with Crippen molar-refractivity contribution in [2.75, 3.05) is 5.32 Å². The minimum atomic E-state index is 0.209. The van der Waals surface area contributed by atoms with Gasteiger partial charge in [-0.25, -0.2) is 4.68 Å². The summed E-state index contributed by atoms with van der Waals surface area (Å²) in [4.78, 5) is 4.41. The number of rotatable bonds is 3. The Morgan fingerprint density at radius 1 is 1.12 bits per heavy atom. The van der Waals surface area contributed by atoms with Gasteiger partial charge in [-0.05, 0) is 42.0 Å². The molecule has 0 aliphatic carbocycles. The van der Waals surface area contributed by atoms with E-state index in [2.05, 4.69) is 77.8 Å². The average Bonchev–Trinajstić information content (AvgIpc) is 3.10. The maximum Gasteiger partial charge on any atom is 0.222 e. The Balaban J connectivity index is 1.72. The molecule has 0 radical (unpaired) electrons. The third-order valence-corrected chi connectivity index (χ3v) is 4.97. The summed E-state index contributed by atoms with van der Waals surface area (Å²) in [7, 11) is 0. The van der Waals surface area contributed by atoms with Gasteiger partial charge >= 0.3 is 0 Å². The van der Waals surface area contributed by atoms with Crippen molar-refractivity contribution in [1.82, 2.24) is 14.8 Å². The van der Waals surface area contributed by atoms with Crippen molar-refractivity contribution in [3.05, 3.63) is 77.1 Å². The van der Waals surface area contributed by atoms with Crippen LogP contribution in [0.4, 0.5) is 5.95 Å². The lowest BCUT2D eigenvalue weighted by Gasteiger charge is -2.32. The fraction of sp³-hybridized carbons (Fsp3) is 0.300. The van der Waals surface area contributed by atoms with Crippen LogP contribution < -0.4 is 5.32 Å². The van der Waals surface area contributed by atoms with E-state index < -0.39 is 0 Å². The fourth-order valence-electron chi connectivity index (χ4n) is 3.54. The number of anilines is 1. The average molecular weight is 318 g/mol. The van der Waals surface area contributed by atoms with Crippen LogP contribution in [-0.2, 0) is 6.42 Å². The lowest BCUT2D eigenvalue weighted by Crippen LogP contribution is -2.28. The van der Waals surface area contributed by atoms with E-state index in [-0.39, 0.29) is 12.1 Å². The molecule has 2 aromatic carbocycles. The molecule has 122 valence electrons. The molecule has 4 nitrogen and oxygen atoms in total. The minimum absolute atomic E-state index is 0.209. The molecule has 1 aliphatic heterocycles. The quantitative estimate of drug-likeness (QED) is 0.783. The van der Waals surface area contributed by atoms with Crippen LogP contribution in [0.5, 0.6) is 0 Å². The Bertz CT molecular complexity index is 835. The van der Waals surface area contributed by atoms with E-state index >= 15 is 0 Å². The highest BCUT2D eigenvalue weighted by Gasteiger charge is 2.30. The molecule has 2 atom stereocenters. The lowest BCUT2D eigenvalue weighted by molar-refractivity contribution is 0.429. The van der Waals surface area contributed by atoms with Crippen molar-refractivity contribution in [1.29, 1.82) is 0 Å². The molecule has 3 aromatic rings. The highest BCUT2D eigenvalue weighted by Crippen LogP contribution is 2.38. The standard InChI is InChI=1S/C20H22N4/c1-3-15-8-10-16(11-9-15)18-12-19(17-7-5-4-6-14(17)2)24-20(23-18)21-13-22-24/h4-11,13,18-19H,3,12H2,1-2H3,(H,21,22,23)/t18-,19-/m1/s1. The van der Waals surface area contributed by atoms with Crippen molar-refractivity contribution >= 4 is 5.95 Å². The lowest BCUT2D eigenvalue weighted by atomic mass is 9.91. The SMILES string of the molecule is CCc1ccc([C@H]2C[C@H](c3ccccc3C)n3ncnc3N2)cc1. The minimum Gasteiger partial charge on any atom is -0.348 e. The first kappa shape index (κ1) is 14.9. The molecular formula is C20H22N4. The monoisotopic (exact) mass is 318 g/mol. The molecule has 0 spiro atoms. The molecule has 0 fully saturated rings. The first-order chi connectivity index (χ1) is 11.8. The van der Waals surface area contributed by atoms with Crippen LogP contribution in [0.1, 0.15) is 47.7 Å². The van der Waals surface area contributed by atoms with Crippen LogP contribution in [-0.4, -0.2) is 14.8 Å². The number of aryl methyl sites for hydroxylation is 2. The van der Waals surface area contributed by atoms with Crippen molar-refractivity contribution in [3.63, 3.8) is 0 Å². The van der Waals surface area contributed by atoms with E-state index in [0.717, 1.165) is 18.8 Å². The van der Waals surface area contributed by atoms with E-state index in [1.165, 1.54) is 22.3 Å². The molecule has 0 saturated carbocycles. The Kier molecular flexibility index (Phi) is 3.81. The van der Waals surface area contributed by atoms with Crippen molar-refractivity contribution < 1.29 is 0 Å². The summed E-state index contributed by atoms with van der Waals surface area (Å²) in [5, 5.41) is 7.99. The first-order valence-corrected chi connectivity index (χ1v) is 8.56. The third-order valence-electron chi connectivity index (χ3n) is 4.97. The van der Waals surface area contributed by atoms with Crippen LogP contribution in [0.2, 0.25) is 0 Å². The van der Waals surface area contributed by atoms with Crippen molar-refractivity contribution in [3.8, 4) is 0 Å². The number of aromatic nitrogens is 3. The molecule has 4 rings (SSSR count). The molecule has 0 unspecified atom stereocenters. The molecule has 0 bridgehead atoms. The molecule has 1 aliphatic rings. The van der Waals surface area contributed by atoms with Crippen molar-refractivity contribution in [2.24, 2.45) is 0 Å². The van der Waals surface area contributed by atoms with Gasteiger partial charge in [-0.2, -0.15) is 10.1 Å². The van der Waals surface area contributed by atoms with Gasteiger partial charge in [0.15, 0.2) is 0 Å². The smallest absolute Gasteiger partial charge is 0.222 e. The van der Waals surface area contributed by atoms with Gasteiger partial charge in [-0.3, -0.25) is 0 Å². The van der Waals surface area contributed by atoms with Gasteiger partial charge in [0.1, 0.15) is 6.33 Å². The zero-order valence-corrected chi connectivity index (χ0v) is 14.1. The Hall–Kier alpha value is -2.62. The highest BCUT2D eigenvalue weighted by atomic mass is 15.4. The summed E-state index contributed by atoms with van der Waals surface area (Å²) >= 11 is 0. The highest BCUT2D eigenvalue weighted by molar-refractivity contribution is 5.40. The van der Waals surface area contributed by atoms with Gasteiger partial charge in [0.25, 0.3) is 0 Å². The molecular weight excluding hydrogens is 296 g/mol. The summed E-state index contributed by atoms with van der Waals surface area (Å²) in [6.07, 6.45) is 3.67. The second kappa shape index (κ2) is 6.11. The van der Waals surface area contributed by atoms with Crippen molar-refractivity contribution in [2.45, 2.75) is 38.8 Å². The normalized spacial score (nSPS) is 19.6. The topological polar surface area (TPSA) is 42.7 Å².